The average molecular weight is 338 g/mol. The highest BCUT2D eigenvalue weighted by atomic mass is 35.5. The van der Waals surface area contributed by atoms with Gasteiger partial charge in [0.2, 0.25) is 5.91 Å². The van der Waals surface area contributed by atoms with E-state index in [1.165, 1.54) is 0 Å². The molecule has 0 aromatic heterocycles. The van der Waals surface area contributed by atoms with Crippen molar-refractivity contribution in [2.75, 3.05) is 26.7 Å². The Morgan fingerprint density at radius 1 is 1.35 bits per heavy atom. The lowest BCUT2D eigenvalue weighted by molar-refractivity contribution is -0.126. The lowest BCUT2D eigenvalue weighted by Crippen LogP contribution is -2.51. The minimum Gasteiger partial charge on any atom is -0.359 e. The molecule has 1 aromatic rings. The Morgan fingerprint density at radius 3 is 2.83 bits per heavy atom. The number of nitrogens with one attached hydrogen (secondary N) is 2. The first-order chi connectivity index (χ1) is 11.0. The van der Waals surface area contributed by atoms with Crippen LogP contribution in [0, 0.1) is 11.8 Å². The minimum absolute atomic E-state index is 0.00766. The van der Waals surface area contributed by atoms with E-state index in [1.807, 2.05) is 24.3 Å². The molecule has 1 aromatic carbocycles. The van der Waals surface area contributed by atoms with Crippen molar-refractivity contribution in [2.24, 2.45) is 11.8 Å². The number of benzene rings is 1. The van der Waals surface area contributed by atoms with Crippen LogP contribution in [0.15, 0.2) is 24.3 Å². The Kier molecular flexibility index (Phi) is 6.28. The molecule has 2 atom stereocenters. The van der Waals surface area contributed by atoms with Gasteiger partial charge in [0.1, 0.15) is 0 Å². The molecule has 1 heterocycles. The highest BCUT2D eigenvalue weighted by molar-refractivity contribution is 6.30. The molecular weight excluding hydrogens is 314 g/mol. The molecule has 126 valence electrons. The summed E-state index contributed by atoms with van der Waals surface area (Å²) in [4.78, 5) is 25.9. The fraction of sp³-hybridized carbons (Fsp3) is 0.529. The average Bonchev–Trinajstić information content (AvgIpc) is 2.53. The number of likely N-dealkylation sites (tertiary alicyclic amines) is 1. The van der Waals surface area contributed by atoms with Crippen LogP contribution in [-0.2, 0) is 11.2 Å². The van der Waals surface area contributed by atoms with Gasteiger partial charge in [0.05, 0.1) is 5.92 Å². The molecule has 0 aliphatic carbocycles. The van der Waals surface area contributed by atoms with Gasteiger partial charge in [-0.3, -0.25) is 4.79 Å². The number of halogens is 1. The smallest absolute Gasteiger partial charge is 0.317 e. The van der Waals surface area contributed by atoms with E-state index in [9.17, 15) is 9.59 Å². The van der Waals surface area contributed by atoms with Gasteiger partial charge in [-0.2, -0.15) is 0 Å². The van der Waals surface area contributed by atoms with E-state index in [1.54, 1.807) is 11.9 Å². The van der Waals surface area contributed by atoms with Gasteiger partial charge in [0.25, 0.3) is 0 Å². The molecule has 2 N–H and O–H groups in total. The summed E-state index contributed by atoms with van der Waals surface area (Å²) in [6.45, 7) is 3.79. The third-order valence-electron chi connectivity index (χ3n) is 4.14. The van der Waals surface area contributed by atoms with E-state index in [-0.39, 0.29) is 17.9 Å². The molecule has 2 unspecified atom stereocenters. The van der Waals surface area contributed by atoms with Gasteiger partial charge in [-0.15, -0.1) is 0 Å². The molecule has 0 bridgehead atoms. The highest BCUT2D eigenvalue weighted by Gasteiger charge is 2.31. The molecule has 6 heteroatoms. The van der Waals surface area contributed by atoms with Crippen molar-refractivity contribution in [3.05, 3.63) is 34.9 Å². The zero-order valence-corrected chi connectivity index (χ0v) is 14.4. The van der Waals surface area contributed by atoms with Crippen LogP contribution in [0.1, 0.15) is 18.9 Å². The van der Waals surface area contributed by atoms with Crippen LogP contribution >= 0.6 is 11.6 Å². The normalized spacial score (nSPS) is 20.9. The standard InChI is InChI=1S/C17H24ClN3O2/c1-12-8-14(16(22)19-2)11-21(10-12)17(23)20-7-6-13-4-3-5-15(18)9-13/h3-5,9,12,14H,6-8,10-11H2,1-2H3,(H,19,22)(H,20,23). The van der Waals surface area contributed by atoms with Crippen molar-refractivity contribution < 1.29 is 9.59 Å². The molecule has 5 nitrogen and oxygen atoms in total. The van der Waals surface area contributed by atoms with Gasteiger partial charge < -0.3 is 15.5 Å². The zero-order chi connectivity index (χ0) is 16.8. The van der Waals surface area contributed by atoms with E-state index in [0.717, 1.165) is 18.4 Å². The fourth-order valence-corrected chi connectivity index (χ4v) is 3.24. The van der Waals surface area contributed by atoms with Crippen LogP contribution in [0.3, 0.4) is 0 Å². The number of nitrogens with zero attached hydrogens (tertiary/aromatic N) is 1. The topological polar surface area (TPSA) is 61.4 Å². The molecule has 1 aliphatic heterocycles. The van der Waals surface area contributed by atoms with Crippen LogP contribution in [0.4, 0.5) is 4.79 Å². The van der Waals surface area contributed by atoms with E-state index in [0.29, 0.717) is 30.6 Å². The molecule has 3 amide bonds. The molecule has 0 spiro atoms. The number of piperidine rings is 1. The summed E-state index contributed by atoms with van der Waals surface area (Å²) in [5.41, 5.74) is 1.09. The van der Waals surface area contributed by atoms with Crippen molar-refractivity contribution in [3.8, 4) is 0 Å². The molecule has 0 saturated carbocycles. The van der Waals surface area contributed by atoms with Crippen LogP contribution in [0.2, 0.25) is 5.02 Å². The first-order valence-corrected chi connectivity index (χ1v) is 8.36. The number of rotatable bonds is 4. The first-order valence-electron chi connectivity index (χ1n) is 7.98. The maximum atomic E-state index is 12.3. The number of carbonyl (C=O) groups is 2. The van der Waals surface area contributed by atoms with Crippen molar-refractivity contribution in [3.63, 3.8) is 0 Å². The summed E-state index contributed by atoms with van der Waals surface area (Å²) >= 11 is 5.95. The largest absolute Gasteiger partial charge is 0.359 e. The van der Waals surface area contributed by atoms with Crippen molar-refractivity contribution in [2.45, 2.75) is 19.8 Å². The van der Waals surface area contributed by atoms with E-state index in [4.69, 9.17) is 11.6 Å². The number of hydrogen-bond acceptors (Lipinski definition) is 2. The number of hydrogen-bond donors (Lipinski definition) is 2. The second-order valence-corrected chi connectivity index (χ2v) is 6.61. The Hall–Kier alpha value is -1.75. The third-order valence-corrected chi connectivity index (χ3v) is 4.38. The summed E-state index contributed by atoms with van der Waals surface area (Å²) in [5.74, 6) is 0.209. The van der Waals surface area contributed by atoms with E-state index in [2.05, 4.69) is 17.6 Å². The van der Waals surface area contributed by atoms with Gasteiger partial charge >= 0.3 is 6.03 Å². The summed E-state index contributed by atoms with van der Waals surface area (Å²) in [6, 6.07) is 7.52. The molecule has 1 aliphatic rings. The van der Waals surface area contributed by atoms with Gasteiger partial charge in [0, 0.05) is 31.7 Å². The Balaban J connectivity index is 1.83. The molecule has 2 rings (SSSR count). The quantitative estimate of drug-likeness (QED) is 0.885. The minimum atomic E-state index is -0.123. The predicted octanol–water partition coefficient (Wildman–Crippen LogP) is 2.30. The highest BCUT2D eigenvalue weighted by Crippen LogP contribution is 2.21. The monoisotopic (exact) mass is 337 g/mol. The lowest BCUT2D eigenvalue weighted by atomic mass is 9.90. The number of urea groups is 1. The van der Waals surface area contributed by atoms with E-state index < -0.39 is 0 Å². The first kappa shape index (κ1) is 17.6. The van der Waals surface area contributed by atoms with Crippen molar-refractivity contribution >= 4 is 23.5 Å². The lowest BCUT2D eigenvalue weighted by Gasteiger charge is -2.35. The summed E-state index contributed by atoms with van der Waals surface area (Å²) in [5, 5.41) is 6.31. The second kappa shape index (κ2) is 8.20. The maximum absolute atomic E-state index is 12.3. The van der Waals surface area contributed by atoms with Gasteiger partial charge in [-0.1, -0.05) is 30.7 Å². The van der Waals surface area contributed by atoms with Crippen LogP contribution < -0.4 is 10.6 Å². The molecular formula is C17H24ClN3O2. The van der Waals surface area contributed by atoms with Crippen molar-refractivity contribution in [1.29, 1.82) is 0 Å². The molecule has 1 fully saturated rings. The fourth-order valence-electron chi connectivity index (χ4n) is 3.03. The van der Waals surface area contributed by atoms with Crippen LogP contribution in [-0.4, -0.2) is 43.5 Å². The Labute approximate surface area is 142 Å². The van der Waals surface area contributed by atoms with Crippen LogP contribution in [0.5, 0.6) is 0 Å². The van der Waals surface area contributed by atoms with Gasteiger partial charge in [0.15, 0.2) is 0 Å². The van der Waals surface area contributed by atoms with E-state index >= 15 is 0 Å². The van der Waals surface area contributed by atoms with Crippen molar-refractivity contribution in [1.82, 2.24) is 15.5 Å². The summed E-state index contributed by atoms with van der Waals surface area (Å²) < 4.78 is 0. The number of carbonyl (C=O) groups excluding carboxylic acids is 2. The molecule has 0 radical (unpaired) electrons. The third kappa shape index (κ3) is 5.13. The molecule has 1 saturated heterocycles. The SMILES string of the molecule is CNC(=O)C1CC(C)CN(C(=O)NCCc2cccc(Cl)c2)C1. The Bertz CT molecular complexity index is 565. The second-order valence-electron chi connectivity index (χ2n) is 6.17. The van der Waals surface area contributed by atoms with Gasteiger partial charge in [-0.25, -0.2) is 4.79 Å². The maximum Gasteiger partial charge on any atom is 0.317 e. The number of amides is 3. The molecule has 23 heavy (non-hydrogen) atoms. The predicted molar refractivity (Wildman–Crippen MR) is 91.5 cm³/mol. The van der Waals surface area contributed by atoms with Gasteiger partial charge in [-0.05, 0) is 36.5 Å². The summed E-state index contributed by atoms with van der Waals surface area (Å²) in [7, 11) is 1.64. The zero-order valence-electron chi connectivity index (χ0n) is 13.6. The van der Waals surface area contributed by atoms with Crippen LogP contribution in [0.25, 0.3) is 0 Å². The Morgan fingerprint density at radius 2 is 2.13 bits per heavy atom. The summed E-state index contributed by atoms with van der Waals surface area (Å²) in [6.07, 6.45) is 1.56.